The fourth-order valence-corrected chi connectivity index (χ4v) is 15.0. The van der Waals surface area contributed by atoms with Gasteiger partial charge in [-0.1, -0.05) is 249 Å². The average molecular weight is 1270 g/mol. The van der Waals surface area contributed by atoms with Crippen molar-refractivity contribution in [3.8, 4) is 66.8 Å². The minimum Gasteiger partial charge on any atom is -0.268 e. The summed E-state index contributed by atoms with van der Waals surface area (Å²) in [5.74, 6) is 0. The van der Waals surface area contributed by atoms with Crippen molar-refractivity contribution in [2.75, 3.05) is 0 Å². The molecule has 0 saturated carbocycles. The second kappa shape index (κ2) is 22.9. The van der Waals surface area contributed by atoms with Gasteiger partial charge >= 0.3 is 0 Å². The number of hydrogen-bond acceptors (Lipinski definition) is 6. The quantitative estimate of drug-likeness (QED) is 0.164. The first kappa shape index (κ1) is 57.0. The number of para-hydroxylation sites is 2. The van der Waals surface area contributed by atoms with Gasteiger partial charge in [-0.15, -0.1) is 0 Å². The lowest BCUT2D eigenvalue weighted by atomic mass is 9.91. The van der Waals surface area contributed by atoms with Gasteiger partial charge in [0.25, 0.3) is 16.7 Å². The molecule has 21 aromatic rings. The van der Waals surface area contributed by atoms with Crippen LogP contribution in [0.1, 0.15) is 0 Å². The van der Waals surface area contributed by atoms with Gasteiger partial charge in [-0.25, -0.2) is 15.0 Å². The topological polar surface area (TPSA) is 103 Å². The first-order chi connectivity index (χ1) is 48.9. The van der Waals surface area contributed by atoms with Crippen LogP contribution in [0.3, 0.4) is 0 Å². The van der Waals surface area contributed by atoms with E-state index >= 15 is 0 Å². The maximum atomic E-state index is 13.9. The summed E-state index contributed by atoms with van der Waals surface area (Å²) in [6.07, 6.45) is 0. The van der Waals surface area contributed by atoms with Gasteiger partial charge in [-0.05, 0) is 162 Å². The van der Waals surface area contributed by atoms with Crippen molar-refractivity contribution in [1.82, 2.24) is 28.2 Å². The van der Waals surface area contributed by atoms with E-state index < -0.39 is 0 Å². The summed E-state index contributed by atoms with van der Waals surface area (Å²) < 4.78 is 5.32. The Morgan fingerprint density at radius 1 is 0.202 bits per heavy atom. The van der Waals surface area contributed by atoms with Crippen LogP contribution < -0.4 is 16.7 Å². The molecule has 21 rings (SSSR count). The Labute approximate surface area is 565 Å². The van der Waals surface area contributed by atoms with Gasteiger partial charge < -0.3 is 0 Å². The van der Waals surface area contributed by atoms with Crippen molar-refractivity contribution >= 4 is 115 Å². The van der Waals surface area contributed by atoms with Crippen molar-refractivity contribution in [2.45, 2.75) is 0 Å². The van der Waals surface area contributed by atoms with E-state index in [1.807, 2.05) is 176 Å². The molecule has 6 heterocycles. The molecule has 9 nitrogen and oxygen atoms in total. The molecule has 0 amide bonds. The molecule has 99 heavy (non-hydrogen) atoms. The van der Waals surface area contributed by atoms with E-state index in [9.17, 15) is 14.4 Å². The highest BCUT2D eigenvalue weighted by atomic mass is 16.1. The van der Waals surface area contributed by atoms with Gasteiger partial charge in [0.15, 0.2) is 0 Å². The zero-order valence-corrected chi connectivity index (χ0v) is 53.1. The number of pyridine rings is 3. The molecule has 0 bridgehead atoms. The molecule has 0 radical (unpaired) electrons. The highest BCUT2D eigenvalue weighted by molar-refractivity contribution is 6.22. The maximum absolute atomic E-state index is 13.9. The molecule has 0 atom stereocenters. The molecule has 15 aromatic carbocycles. The molecule has 462 valence electrons. The molecule has 0 N–H and O–H groups in total. The van der Waals surface area contributed by atoms with E-state index in [1.165, 1.54) is 0 Å². The minimum atomic E-state index is -0.0285. The zero-order chi connectivity index (χ0) is 65.8. The maximum Gasteiger partial charge on any atom is 0.264 e. The summed E-state index contributed by atoms with van der Waals surface area (Å²) in [5.41, 5.74) is 20.3. The lowest BCUT2D eigenvalue weighted by Crippen LogP contribution is -2.13. The average Bonchev–Trinajstić information content (AvgIpc) is 1.69. The fourth-order valence-electron chi connectivity index (χ4n) is 15.0. The molecular weight excluding hydrogens is 1210 g/mol. The SMILES string of the molecule is O=c1c2cc(-c3ccccc3)cc3c(-c4ccccc4)ccc(c32)c2nc3ccccc3n12.O=c1c2cc(-c3ccccc3)cc3cccc(c32)c2nc3cc(-c4ccccc4)ccc3n12.O=c1c2cccc3c(-c4ccccc4)ccc(c32)c2nc3ccc(-c4ccccc4)cc3n12. The molecule has 0 saturated heterocycles. The fraction of sp³-hybridized carbons (Fsp3) is 0. The van der Waals surface area contributed by atoms with Gasteiger partial charge in [-0.3, -0.25) is 27.6 Å². The number of hydrogen-bond donors (Lipinski definition) is 0. The third-order valence-corrected chi connectivity index (χ3v) is 19.6. The van der Waals surface area contributed by atoms with E-state index in [0.29, 0.717) is 16.9 Å². The van der Waals surface area contributed by atoms with Gasteiger partial charge in [0.05, 0.1) is 33.1 Å². The van der Waals surface area contributed by atoms with Crippen LogP contribution in [0.25, 0.3) is 181 Å². The number of aromatic nitrogens is 6. The van der Waals surface area contributed by atoms with Crippen LogP contribution in [0.2, 0.25) is 0 Å². The van der Waals surface area contributed by atoms with Crippen LogP contribution in [0.4, 0.5) is 0 Å². The smallest absolute Gasteiger partial charge is 0.264 e. The van der Waals surface area contributed by atoms with Crippen molar-refractivity contribution < 1.29 is 0 Å². The van der Waals surface area contributed by atoms with Crippen LogP contribution in [0, 0.1) is 0 Å². The second-order valence-corrected chi connectivity index (χ2v) is 25.2. The molecular formula is C90H54N6O3. The van der Waals surface area contributed by atoms with Crippen molar-refractivity contribution in [3.05, 3.63) is 359 Å². The minimum absolute atomic E-state index is 0.0264. The van der Waals surface area contributed by atoms with Crippen LogP contribution in [-0.2, 0) is 0 Å². The van der Waals surface area contributed by atoms with Crippen molar-refractivity contribution in [3.63, 3.8) is 0 Å². The monoisotopic (exact) mass is 1270 g/mol. The standard InChI is InChI=1S/3C30H18N2O/c33-30-25-18-21(19-9-3-1-4-10-19)17-24-22(20-11-5-2-6-12-20)15-16-23(28(24)25)29-31-26-13-7-8-14-27(26)32(29)30;33-30-25-13-7-12-23-22(20-10-5-2-6-11-20)15-16-24(28(23)25)29-31-26-17-14-21(18-27(26)32(29)30)19-8-3-1-4-9-19;33-30-25-17-23(20-10-5-2-6-11-20)16-22-12-7-13-24(28(22)25)29-31-26-18-21(14-15-27(26)32(29)30)19-8-3-1-4-9-19/h3*1-18H. The van der Waals surface area contributed by atoms with E-state index in [-0.39, 0.29) is 16.7 Å². The molecule has 9 heteroatoms. The second-order valence-electron chi connectivity index (χ2n) is 25.2. The van der Waals surface area contributed by atoms with E-state index in [0.717, 1.165) is 164 Å². The van der Waals surface area contributed by atoms with Crippen LogP contribution >= 0.6 is 0 Å². The van der Waals surface area contributed by atoms with E-state index in [4.69, 9.17) is 15.0 Å². The summed E-state index contributed by atoms with van der Waals surface area (Å²) in [6.45, 7) is 0. The third kappa shape index (κ3) is 9.24. The first-order valence-electron chi connectivity index (χ1n) is 33.1. The Morgan fingerprint density at radius 3 is 1.17 bits per heavy atom. The largest absolute Gasteiger partial charge is 0.268 e. The number of imidazole rings is 3. The molecule has 0 aliphatic carbocycles. The van der Waals surface area contributed by atoms with Gasteiger partial charge in [-0.2, -0.15) is 0 Å². The predicted octanol–water partition coefficient (Wildman–Crippen LogP) is 20.8. The zero-order valence-electron chi connectivity index (χ0n) is 53.1. The van der Waals surface area contributed by atoms with E-state index in [2.05, 4.69) is 152 Å². The summed E-state index contributed by atoms with van der Waals surface area (Å²) in [7, 11) is 0. The number of fused-ring (bicyclic) bond motifs is 12. The van der Waals surface area contributed by atoms with Crippen LogP contribution in [0.5, 0.6) is 0 Å². The molecule has 0 spiro atoms. The Bertz CT molecular complexity index is 6950. The van der Waals surface area contributed by atoms with Gasteiger partial charge in [0.1, 0.15) is 16.9 Å². The molecule has 0 unspecified atom stereocenters. The summed E-state index contributed by atoms with van der Waals surface area (Å²) >= 11 is 0. The molecule has 0 fully saturated rings. The lowest BCUT2D eigenvalue weighted by Gasteiger charge is -2.14. The highest BCUT2D eigenvalue weighted by Gasteiger charge is 2.23. The molecule has 0 aliphatic rings. The van der Waals surface area contributed by atoms with Crippen molar-refractivity contribution in [1.29, 1.82) is 0 Å². The number of benzene rings is 15. The van der Waals surface area contributed by atoms with Crippen LogP contribution in [-0.4, -0.2) is 28.2 Å². The molecule has 0 aliphatic heterocycles. The lowest BCUT2D eigenvalue weighted by molar-refractivity contribution is 1.19. The highest BCUT2D eigenvalue weighted by Crippen LogP contribution is 2.41. The normalized spacial score (nSPS) is 11.8. The number of nitrogens with zero attached hydrogens (tertiary/aromatic N) is 6. The molecule has 6 aromatic heterocycles. The number of rotatable bonds is 6. The van der Waals surface area contributed by atoms with E-state index in [1.54, 1.807) is 13.2 Å². The van der Waals surface area contributed by atoms with Crippen LogP contribution in [0.15, 0.2) is 342 Å². The summed E-state index contributed by atoms with van der Waals surface area (Å²) in [5, 5.41) is 11.3. The predicted molar refractivity (Wildman–Crippen MR) is 408 cm³/mol. The summed E-state index contributed by atoms with van der Waals surface area (Å²) in [6, 6.07) is 111. The third-order valence-electron chi connectivity index (χ3n) is 19.6. The summed E-state index contributed by atoms with van der Waals surface area (Å²) in [4.78, 5) is 56.2. The van der Waals surface area contributed by atoms with Gasteiger partial charge in [0.2, 0.25) is 0 Å². The Morgan fingerprint density at radius 2 is 0.586 bits per heavy atom. The first-order valence-corrected chi connectivity index (χ1v) is 33.1. The Hall–Kier alpha value is -13.5. The Kier molecular flexibility index (Phi) is 13.2. The van der Waals surface area contributed by atoms with Crippen molar-refractivity contribution in [2.24, 2.45) is 0 Å². The van der Waals surface area contributed by atoms with Gasteiger partial charge in [0, 0.05) is 48.5 Å². The Balaban J connectivity index is 0.000000104.